The van der Waals surface area contributed by atoms with Gasteiger partial charge in [-0.2, -0.15) is 5.10 Å². The molecule has 0 spiro atoms. The Morgan fingerprint density at radius 3 is 2.92 bits per heavy atom. The highest BCUT2D eigenvalue weighted by Crippen LogP contribution is 2.33. The number of carbonyl (C=O) groups excluding carboxylic acids is 1. The van der Waals surface area contributed by atoms with Crippen LogP contribution in [0.3, 0.4) is 0 Å². The predicted octanol–water partition coefficient (Wildman–Crippen LogP) is 1.81. The average Bonchev–Trinajstić information content (AvgIpc) is 3.30. The summed E-state index contributed by atoms with van der Waals surface area (Å²) >= 11 is 0. The van der Waals surface area contributed by atoms with Crippen LogP contribution in [0.2, 0.25) is 0 Å². The average molecular weight is 324 g/mol. The maximum Gasteiger partial charge on any atom is 0.248 e. The highest BCUT2D eigenvalue weighted by molar-refractivity contribution is 5.84. The molecule has 2 heterocycles. The molecule has 2 N–H and O–H groups in total. The van der Waals surface area contributed by atoms with Crippen LogP contribution >= 0.6 is 0 Å². The van der Waals surface area contributed by atoms with Crippen molar-refractivity contribution in [1.29, 1.82) is 0 Å². The van der Waals surface area contributed by atoms with E-state index in [1.165, 1.54) is 11.1 Å². The number of nitrogens with one attached hydrogen (secondary N) is 2. The molecule has 1 fully saturated rings. The lowest BCUT2D eigenvalue weighted by Crippen LogP contribution is -2.55. The summed E-state index contributed by atoms with van der Waals surface area (Å²) in [6.07, 6.45) is 7.46. The first-order valence-corrected chi connectivity index (χ1v) is 8.86. The minimum absolute atomic E-state index is 0.108. The topological polar surface area (TPSA) is 59.0 Å². The van der Waals surface area contributed by atoms with Gasteiger partial charge in [0.05, 0.1) is 0 Å². The third kappa shape index (κ3) is 2.63. The molecule has 1 aliphatic carbocycles. The van der Waals surface area contributed by atoms with Gasteiger partial charge in [0.2, 0.25) is 5.91 Å². The summed E-state index contributed by atoms with van der Waals surface area (Å²) in [4.78, 5) is 13.1. The number of hydrogen-bond acceptors (Lipinski definition) is 3. The molecule has 2 aromatic rings. The van der Waals surface area contributed by atoms with Crippen molar-refractivity contribution in [2.24, 2.45) is 0 Å². The quantitative estimate of drug-likeness (QED) is 0.902. The van der Waals surface area contributed by atoms with Gasteiger partial charge < -0.3 is 10.6 Å². The van der Waals surface area contributed by atoms with Crippen molar-refractivity contribution in [3.05, 3.63) is 53.9 Å². The molecule has 4 rings (SSSR count). The van der Waals surface area contributed by atoms with E-state index in [0.29, 0.717) is 12.5 Å². The number of hydrogen-bond donors (Lipinski definition) is 2. The molecule has 1 aliphatic heterocycles. The van der Waals surface area contributed by atoms with Crippen LogP contribution in [0.5, 0.6) is 0 Å². The van der Waals surface area contributed by atoms with E-state index in [9.17, 15) is 4.79 Å². The van der Waals surface area contributed by atoms with Gasteiger partial charge in [0, 0.05) is 24.9 Å². The Bertz CT molecular complexity index is 704. The first kappa shape index (κ1) is 15.4. The number of aromatic nitrogens is 2. The van der Waals surface area contributed by atoms with E-state index in [4.69, 9.17) is 0 Å². The Morgan fingerprint density at radius 2 is 2.12 bits per heavy atom. The molecule has 1 aromatic carbocycles. The van der Waals surface area contributed by atoms with Gasteiger partial charge in [0.15, 0.2) is 0 Å². The maximum absolute atomic E-state index is 13.1. The van der Waals surface area contributed by atoms with Gasteiger partial charge in [0.1, 0.15) is 5.54 Å². The van der Waals surface area contributed by atoms with Crippen LogP contribution in [0.1, 0.15) is 36.3 Å². The summed E-state index contributed by atoms with van der Waals surface area (Å²) in [5, 5.41) is 11.0. The van der Waals surface area contributed by atoms with Gasteiger partial charge in [-0.25, -0.2) is 0 Å². The Kier molecular flexibility index (Phi) is 4.10. The molecule has 5 heteroatoms. The van der Waals surface area contributed by atoms with Crippen LogP contribution in [0.25, 0.3) is 0 Å². The van der Waals surface area contributed by atoms with Crippen LogP contribution in [-0.2, 0) is 16.8 Å². The molecule has 0 saturated carbocycles. The molecule has 1 atom stereocenters. The summed E-state index contributed by atoms with van der Waals surface area (Å²) in [5.41, 5.74) is 2.28. The minimum Gasteiger partial charge on any atom is -0.353 e. The first-order chi connectivity index (χ1) is 11.8. The van der Waals surface area contributed by atoms with Gasteiger partial charge in [-0.3, -0.25) is 9.48 Å². The zero-order valence-electron chi connectivity index (χ0n) is 13.9. The molecule has 24 heavy (non-hydrogen) atoms. The second-order valence-corrected chi connectivity index (χ2v) is 6.88. The van der Waals surface area contributed by atoms with E-state index in [0.717, 1.165) is 38.8 Å². The number of benzene rings is 1. The van der Waals surface area contributed by atoms with E-state index in [1.807, 2.05) is 16.9 Å². The van der Waals surface area contributed by atoms with Crippen LogP contribution in [0, 0.1) is 0 Å². The summed E-state index contributed by atoms with van der Waals surface area (Å²) in [6, 6.07) is 10.5. The Hall–Kier alpha value is -2.14. The number of piperidine rings is 1. The Balaban J connectivity index is 1.49. The van der Waals surface area contributed by atoms with E-state index in [-0.39, 0.29) is 5.91 Å². The summed E-state index contributed by atoms with van der Waals surface area (Å²) < 4.78 is 1.85. The summed E-state index contributed by atoms with van der Waals surface area (Å²) in [7, 11) is 0. The van der Waals surface area contributed by atoms with E-state index < -0.39 is 5.54 Å². The Labute approximate surface area is 142 Å². The highest BCUT2D eigenvalue weighted by Gasteiger charge is 2.42. The standard InChI is InChI=1S/C19H24N4O/c24-18(19(8-11-20-12-9-19)23-13-3-10-22-23)21-14-16-7-6-15-4-1-2-5-17(15)16/h1-5,10,13,16,20H,6-9,11-12,14H2,(H,21,24). The van der Waals surface area contributed by atoms with Crippen molar-refractivity contribution in [1.82, 2.24) is 20.4 Å². The van der Waals surface area contributed by atoms with Crippen molar-refractivity contribution in [3.8, 4) is 0 Å². The lowest BCUT2D eigenvalue weighted by atomic mass is 9.87. The molecule has 126 valence electrons. The zero-order valence-corrected chi connectivity index (χ0v) is 13.9. The third-order valence-electron chi connectivity index (χ3n) is 5.56. The number of nitrogens with zero attached hydrogens (tertiary/aromatic N) is 2. The number of fused-ring (bicyclic) bond motifs is 1. The van der Waals surface area contributed by atoms with Crippen molar-refractivity contribution < 1.29 is 4.79 Å². The Morgan fingerprint density at radius 1 is 1.29 bits per heavy atom. The molecule has 1 aromatic heterocycles. The molecule has 1 unspecified atom stereocenters. The molecule has 1 saturated heterocycles. The molecular weight excluding hydrogens is 300 g/mol. The van der Waals surface area contributed by atoms with Gasteiger partial charge in [-0.1, -0.05) is 24.3 Å². The fourth-order valence-electron chi connectivity index (χ4n) is 4.16. The predicted molar refractivity (Wildman–Crippen MR) is 92.8 cm³/mol. The van der Waals surface area contributed by atoms with Gasteiger partial charge in [-0.15, -0.1) is 0 Å². The number of amides is 1. The van der Waals surface area contributed by atoms with Crippen molar-refractivity contribution in [3.63, 3.8) is 0 Å². The second kappa shape index (κ2) is 6.40. The SMILES string of the molecule is O=C(NCC1CCc2ccccc21)C1(n2cccn2)CCNCC1. The second-order valence-electron chi connectivity index (χ2n) is 6.88. The minimum atomic E-state index is -0.549. The maximum atomic E-state index is 13.1. The van der Waals surface area contributed by atoms with E-state index in [2.05, 4.69) is 40.0 Å². The lowest BCUT2D eigenvalue weighted by molar-refractivity contribution is -0.132. The number of carbonyl (C=O) groups is 1. The van der Waals surface area contributed by atoms with Crippen LogP contribution < -0.4 is 10.6 Å². The molecule has 0 radical (unpaired) electrons. The molecule has 2 aliphatic rings. The van der Waals surface area contributed by atoms with E-state index in [1.54, 1.807) is 6.20 Å². The zero-order chi connectivity index (χ0) is 16.4. The first-order valence-electron chi connectivity index (χ1n) is 8.86. The highest BCUT2D eigenvalue weighted by atomic mass is 16.2. The van der Waals surface area contributed by atoms with E-state index >= 15 is 0 Å². The molecule has 1 amide bonds. The molecular formula is C19H24N4O. The lowest BCUT2D eigenvalue weighted by Gasteiger charge is -2.36. The largest absolute Gasteiger partial charge is 0.353 e. The fourth-order valence-corrected chi connectivity index (χ4v) is 4.16. The number of rotatable bonds is 4. The van der Waals surface area contributed by atoms with Gasteiger partial charge >= 0.3 is 0 Å². The van der Waals surface area contributed by atoms with Crippen LogP contribution in [-0.4, -0.2) is 35.3 Å². The molecule has 5 nitrogen and oxygen atoms in total. The smallest absolute Gasteiger partial charge is 0.248 e. The summed E-state index contributed by atoms with van der Waals surface area (Å²) in [5.74, 6) is 0.540. The van der Waals surface area contributed by atoms with Crippen molar-refractivity contribution in [2.45, 2.75) is 37.1 Å². The van der Waals surface area contributed by atoms with Crippen molar-refractivity contribution >= 4 is 5.91 Å². The van der Waals surface area contributed by atoms with Crippen LogP contribution in [0.15, 0.2) is 42.7 Å². The monoisotopic (exact) mass is 324 g/mol. The fraction of sp³-hybridized carbons (Fsp3) is 0.474. The summed E-state index contributed by atoms with van der Waals surface area (Å²) in [6.45, 7) is 2.41. The molecule has 0 bridgehead atoms. The van der Waals surface area contributed by atoms with Crippen molar-refractivity contribution in [2.75, 3.05) is 19.6 Å². The third-order valence-corrected chi connectivity index (χ3v) is 5.56. The van der Waals surface area contributed by atoms with Gasteiger partial charge in [-0.05, 0) is 56.0 Å². The number of aryl methyl sites for hydroxylation is 1. The van der Waals surface area contributed by atoms with Gasteiger partial charge in [0.25, 0.3) is 0 Å². The van der Waals surface area contributed by atoms with Crippen LogP contribution in [0.4, 0.5) is 0 Å². The normalized spacial score (nSPS) is 22.1.